The lowest BCUT2D eigenvalue weighted by molar-refractivity contribution is -0.183. The molecule has 8 nitrogen and oxygen atoms in total. The Morgan fingerprint density at radius 2 is 1.85 bits per heavy atom. The molecule has 1 aliphatic heterocycles. The van der Waals surface area contributed by atoms with Gasteiger partial charge < -0.3 is 21.3 Å². The third-order valence-electron chi connectivity index (χ3n) is 9.81. The lowest BCUT2D eigenvalue weighted by Gasteiger charge is -2.62. The van der Waals surface area contributed by atoms with Crippen molar-refractivity contribution in [3.63, 3.8) is 0 Å². The van der Waals surface area contributed by atoms with E-state index in [-0.39, 0.29) is 18.6 Å². The quantitative estimate of drug-likeness (QED) is 0.412. The number of hydroxylamine groups is 2. The fourth-order valence-electron chi connectivity index (χ4n) is 7.37. The average molecular weight is 536 g/mol. The minimum absolute atomic E-state index is 0.0832. The van der Waals surface area contributed by atoms with Gasteiger partial charge in [-0.05, 0) is 77.8 Å². The van der Waals surface area contributed by atoms with Gasteiger partial charge in [-0.1, -0.05) is 51.1 Å². The van der Waals surface area contributed by atoms with Crippen LogP contribution in [-0.4, -0.2) is 58.0 Å². The molecule has 8 atom stereocenters. The maximum atomic E-state index is 13.8. The Morgan fingerprint density at radius 1 is 1.15 bits per heavy atom. The van der Waals surface area contributed by atoms with E-state index in [0.29, 0.717) is 35.3 Å². The molecule has 0 aromatic heterocycles. The van der Waals surface area contributed by atoms with Crippen LogP contribution in [0.4, 0.5) is 0 Å². The van der Waals surface area contributed by atoms with E-state index in [2.05, 4.69) is 26.1 Å². The van der Waals surface area contributed by atoms with Gasteiger partial charge in [-0.25, -0.2) is 0 Å². The smallest absolute Gasteiger partial charge is 0.248 e. The summed E-state index contributed by atoms with van der Waals surface area (Å²) in [5.74, 6) is 0.337. The van der Waals surface area contributed by atoms with Gasteiger partial charge in [-0.15, -0.1) is 0 Å². The Bertz CT molecular complexity index is 1230. The van der Waals surface area contributed by atoms with Gasteiger partial charge in [0.25, 0.3) is 0 Å². The van der Waals surface area contributed by atoms with Crippen LogP contribution in [0, 0.1) is 29.1 Å². The van der Waals surface area contributed by atoms with Crippen molar-refractivity contribution < 1.29 is 24.6 Å². The number of hydrogen-bond donors (Lipinski definition) is 4. The van der Waals surface area contributed by atoms with Gasteiger partial charge in [-0.2, -0.15) is 5.06 Å². The highest BCUT2D eigenvalue weighted by atomic mass is 16.7. The van der Waals surface area contributed by atoms with Gasteiger partial charge >= 0.3 is 0 Å². The minimum Gasteiger partial charge on any atom is -0.394 e. The number of amides is 2. The average Bonchev–Trinajstić information content (AvgIpc) is 3.28. The molecule has 4 aliphatic rings. The van der Waals surface area contributed by atoms with Crippen LogP contribution in [0.25, 0.3) is 11.1 Å². The molecular formula is C31H41N3O5. The highest BCUT2D eigenvalue weighted by Crippen LogP contribution is 2.61. The van der Waals surface area contributed by atoms with Crippen molar-refractivity contribution in [3.8, 4) is 11.1 Å². The van der Waals surface area contributed by atoms with Crippen LogP contribution in [0.15, 0.2) is 48.5 Å². The van der Waals surface area contributed by atoms with Crippen molar-refractivity contribution >= 4 is 11.8 Å². The number of fused-ring (bicyclic) bond motifs is 2. The number of carbonyl (C=O) groups excluding carboxylic acids is 2. The summed E-state index contributed by atoms with van der Waals surface area (Å²) in [6.45, 7) is 8.54. The molecule has 3 saturated carbocycles. The summed E-state index contributed by atoms with van der Waals surface area (Å²) in [5.41, 5.74) is 8.86. The Morgan fingerprint density at radius 3 is 2.46 bits per heavy atom. The van der Waals surface area contributed by atoms with Gasteiger partial charge in [0.05, 0.1) is 19.3 Å². The van der Waals surface area contributed by atoms with E-state index in [0.717, 1.165) is 23.1 Å². The first-order valence-electron chi connectivity index (χ1n) is 14.0. The lowest BCUT2D eigenvalue weighted by Crippen LogP contribution is -2.62. The summed E-state index contributed by atoms with van der Waals surface area (Å²) in [6, 6.07) is 14.3. The van der Waals surface area contributed by atoms with Crippen LogP contribution >= 0.6 is 0 Å². The van der Waals surface area contributed by atoms with E-state index < -0.39 is 30.1 Å². The van der Waals surface area contributed by atoms with Crippen molar-refractivity contribution in [2.24, 2.45) is 34.8 Å². The molecule has 0 radical (unpaired) electrons. The number of benzene rings is 2. The highest BCUT2D eigenvalue weighted by Gasteiger charge is 2.57. The highest BCUT2D eigenvalue weighted by molar-refractivity contribution is 5.94. The first-order chi connectivity index (χ1) is 18.5. The van der Waals surface area contributed by atoms with Gasteiger partial charge in [0.1, 0.15) is 12.1 Å². The third kappa shape index (κ3) is 5.11. The number of aliphatic hydroxyl groups is 2. The molecule has 1 unspecified atom stereocenters. The summed E-state index contributed by atoms with van der Waals surface area (Å²) in [5, 5.41) is 25.6. The van der Waals surface area contributed by atoms with Crippen molar-refractivity contribution in [2.75, 3.05) is 6.61 Å². The molecule has 2 bridgehead atoms. The van der Waals surface area contributed by atoms with Crippen LogP contribution in [0.5, 0.6) is 0 Å². The van der Waals surface area contributed by atoms with Gasteiger partial charge in [-0.3, -0.25) is 14.4 Å². The topological polar surface area (TPSA) is 125 Å². The lowest BCUT2D eigenvalue weighted by atomic mass is 9.45. The molecule has 2 aromatic carbocycles. The number of rotatable bonds is 8. The normalized spacial score (nSPS) is 32.3. The maximum Gasteiger partial charge on any atom is 0.248 e. The monoisotopic (exact) mass is 535 g/mol. The fourth-order valence-corrected chi connectivity index (χ4v) is 7.37. The molecule has 8 heteroatoms. The summed E-state index contributed by atoms with van der Waals surface area (Å²) in [4.78, 5) is 31.6. The van der Waals surface area contributed by atoms with E-state index in [1.807, 2.05) is 30.3 Å². The number of nitrogens with two attached hydrogens (primary N) is 1. The molecule has 1 heterocycles. The van der Waals surface area contributed by atoms with Crippen molar-refractivity contribution in [1.29, 1.82) is 0 Å². The summed E-state index contributed by atoms with van der Waals surface area (Å²) in [6.07, 6.45) is 0.647. The second kappa shape index (κ2) is 10.7. The maximum absolute atomic E-state index is 13.8. The molecule has 0 spiro atoms. The van der Waals surface area contributed by atoms with Crippen LogP contribution < -0.4 is 11.1 Å². The molecule has 1 saturated heterocycles. The minimum atomic E-state index is -0.845. The molecule has 210 valence electrons. The Kier molecular flexibility index (Phi) is 7.59. The van der Waals surface area contributed by atoms with Crippen LogP contribution in [-0.2, 0) is 16.2 Å². The first-order valence-corrected chi connectivity index (χ1v) is 14.0. The van der Waals surface area contributed by atoms with Crippen molar-refractivity contribution in [3.05, 3.63) is 59.7 Å². The van der Waals surface area contributed by atoms with E-state index in [9.17, 15) is 19.8 Å². The number of carbonyl (C=O) groups is 2. The second-order valence-corrected chi connectivity index (χ2v) is 12.4. The van der Waals surface area contributed by atoms with E-state index in [1.54, 1.807) is 30.2 Å². The standard InChI is InChI=1S/C31H41N3O5/c1-17-24-13-23(31(24,3)4)14-25(17)33-30(38)28-27(18(2)36)26(16-35)39-34(28)15-19-7-5-8-20(11-19)21-9-6-10-22(12-21)29(32)37/h5-12,17-18,23-28,35-36H,13-16H2,1-4H3,(H2,32,37)(H,33,38)/t17-,18-,23+,24-,25-,26-,27+,28?/m0/s1. The number of hydrogen-bond acceptors (Lipinski definition) is 6. The molecule has 2 aromatic rings. The Balaban J connectivity index is 1.37. The van der Waals surface area contributed by atoms with E-state index >= 15 is 0 Å². The van der Waals surface area contributed by atoms with Crippen molar-refractivity contribution in [1.82, 2.24) is 10.4 Å². The molecule has 4 fully saturated rings. The summed E-state index contributed by atoms with van der Waals surface area (Å²) in [7, 11) is 0. The SMILES string of the molecule is C[C@@H]1[C@@H](NC(=O)C2[C@H]([C@H](C)O)[C@H](CO)ON2Cc2cccc(-c3cccc(C(N)=O)c3)c2)C[C@H]2C[C@@H]1C2(C)C. The Hall–Kier alpha value is -2.78. The van der Waals surface area contributed by atoms with Gasteiger partial charge in [0.2, 0.25) is 11.8 Å². The number of nitrogens with zero attached hydrogens (tertiary/aromatic N) is 1. The summed E-state index contributed by atoms with van der Waals surface area (Å²) >= 11 is 0. The van der Waals surface area contributed by atoms with Gasteiger partial charge in [0.15, 0.2) is 0 Å². The third-order valence-corrected chi connectivity index (χ3v) is 9.81. The first kappa shape index (κ1) is 27.8. The predicted molar refractivity (Wildman–Crippen MR) is 148 cm³/mol. The molecular weight excluding hydrogens is 494 g/mol. The molecule has 5 N–H and O–H groups in total. The second-order valence-electron chi connectivity index (χ2n) is 12.4. The van der Waals surface area contributed by atoms with Gasteiger partial charge in [0, 0.05) is 17.5 Å². The summed E-state index contributed by atoms with van der Waals surface area (Å²) < 4.78 is 0. The zero-order chi connectivity index (χ0) is 28.1. The Labute approximate surface area is 230 Å². The molecule has 2 amide bonds. The van der Waals surface area contributed by atoms with E-state index in [4.69, 9.17) is 10.6 Å². The molecule has 3 aliphatic carbocycles. The van der Waals surface area contributed by atoms with Crippen LogP contribution in [0.1, 0.15) is 56.5 Å². The number of nitrogens with one attached hydrogen (secondary N) is 1. The van der Waals surface area contributed by atoms with Crippen LogP contribution in [0.3, 0.4) is 0 Å². The molecule has 6 rings (SSSR count). The number of primary amides is 1. The number of aliphatic hydroxyl groups excluding tert-OH is 2. The predicted octanol–water partition coefficient (Wildman–Crippen LogP) is 3.11. The van der Waals surface area contributed by atoms with E-state index in [1.165, 1.54) is 6.42 Å². The largest absolute Gasteiger partial charge is 0.394 e. The molecule has 39 heavy (non-hydrogen) atoms. The zero-order valence-electron chi connectivity index (χ0n) is 23.2. The fraction of sp³-hybridized carbons (Fsp3) is 0.548. The van der Waals surface area contributed by atoms with Crippen molar-refractivity contribution in [2.45, 2.75) is 71.4 Å². The van der Waals surface area contributed by atoms with Crippen LogP contribution in [0.2, 0.25) is 0 Å². The zero-order valence-corrected chi connectivity index (χ0v) is 23.2.